The summed E-state index contributed by atoms with van der Waals surface area (Å²) in [6.45, 7) is 0.139. The van der Waals surface area contributed by atoms with Crippen LogP contribution in [0.2, 0.25) is 0 Å². The van der Waals surface area contributed by atoms with Crippen LogP contribution in [0.25, 0.3) is 11.2 Å². The normalized spacial score (nSPS) is 11.1. The van der Waals surface area contributed by atoms with Crippen molar-refractivity contribution < 1.29 is 0 Å². The number of anilines is 3. The van der Waals surface area contributed by atoms with Crippen LogP contribution in [0.15, 0.2) is 46.2 Å². The molecule has 1 aromatic carbocycles. The molecule has 4 aromatic rings. The monoisotopic (exact) mass is 379 g/mol. The molecule has 0 aliphatic rings. The predicted molar refractivity (Wildman–Crippen MR) is 103 cm³/mol. The van der Waals surface area contributed by atoms with Gasteiger partial charge in [-0.25, -0.2) is 9.78 Å². The molecule has 0 amide bonds. The number of hydrogen-bond acceptors (Lipinski definition) is 8. The Balaban J connectivity index is 1.74. The maximum absolute atomic E-state index is 12.5. The minimum Gasteiger partial charge on any atom is -0.368 e. The molecule has 0 aliphatic carbocycles. The summed E-state index contributed by atoms with van der Waals surface area (Å²) in [4.78, 5) is 41.4. The third-order valence-electron chi connectivity index (χ3n) is 4.26. The van der Waals surface area contributed by atoms with Crippen LogP contribution in [0.5, 0.6) is 0 Å². The molecule has 28 heavy (non-hydrogen) atoms. The van der Waals surface area contributed by atoms with E-state index in [9.17, 15) is 9.59 Å². The SMILES string of the molecule is Cn1c(=O)c2c(ncn2Cc2nc(N)nc(Nc3ccccc3)n2)n(C)c1=O. The van der Waals surface area contributed by atoms with Crippen LogP contribution in [0.4, 0.5) is 17.6 Å². The van der Waals surface area contributed by atoms with E-state index in [1.165, 1.54) is 17.9 Å². The number of rotatable bonds is 4. The molecule has 0 spiro atoms. The summed E-state index contributed by atoms with van der Waals surface area (Å²) in [5, 5.41) is 3.06. The van der Waals surface area contributed by atoms with Crippen LogP contribution in [-0.4, -0.2) is 33.6 Å². The minimum atomic E-state index is -0.444. The fourth-order valence-corrected chi connectivity index (χ4v) is 2.88. The topological polar surface area (TPSA) is 139 Å². The van der Waals surface area contributed by atoms with Crippen molar-refractivity contribution in [2.45, 2.75) is 6.54 Å². The van der Waals surface area contributed by atoms with Crippen LogP contribution in [0, 0.1) is 0 Å². The second-order valence-electron chi connectivity index (χ2n) is 6.17. The van der Waals surface area contributed by atoms with Gasteiger partial charge in [-0.3, -0.25) is 13.9 Å². The van der Waals surface area contributed by atoms with Crippen LogP contribution in [0.3, 0.4) is 0 Å². The van der Waals surface area contributed by atoms with Crippen LogP contribution in [-0.2, 0) is 20.6 Å². The molecule has 0 aliphatic heterocycles. The third-order valence-corrected chi connectivity index (χ3v) is 4.26. The summed E-state index contributed by atoms with van der Waals surface area (Å²) >= 11 is 0. The van der Waals surface area contributed by atoms with Crippen molar-refractivity contribution in [2.75, 3.05) is 11.1 Å². The molecule has 3 heterocycles. The minimum absolute atomic E-state index is 0.0492. The first-order chi connectivity index (χ1) is 13.4. The van der Waals surface area contributed by atoms with Gasteiger partial charge in [0, 0.05) is 19.8 Å². The number of aromatic nitrogens is 7. The number of nitrogen functional groups attached to an aromatic ring is 1. The number of aryl methyl sites for hydroxylation is 1. The van der Waals surface area contributed by atoms with Gasteiger partial charge >= 0.3 is 5.69 Å². The second-order valence-corrected chi connectivity index (χ2v) is 6.17. The van der Waals surface area contributed by atoms with Gasteiger partial charge in [-0.15, -0.1) is 0 Å². The molecule has 142 valence electrons. The molecule has 0 saturated heterocycles. The van der Waals surface area contributed by atoms with E-state index in [0.29, 0.717) is 11.8 Å². The van der Waals surface area contributed by atoms with Gasteiger partial charge < -0.3 is 15.6 Å². The van der Waals surface area contributed by atoms with Crippen molar-refractivity contribution in [3.8, 4) is 0 Å². The number of nitrogens with one attached hydrogen (secondary N) is 1. The Morgan fingerprint density at radius 1 is 1.04 bits per heavy atom. The lowest BCUT2D eigenvalue weighted by atomic mass is 10.3. The van der Waals surface area contributed by atoms with Gasteiger partial charge in [0.05, 0.1) is 12.9 Å². The van der Waals surface area contributed by atoms with Gasteiger partial charge in [-0.2, -0.15) is 15.0 Å². The summed E-state index contributed by atoms with van der Waals surface area (Å²) in [7, 11) is 2.98. The zero-order valence-electron chi connectivity index (χ0n) is 15.2. The zero-order valence-corrected chi connectivity index (χ0v) is 15.2. The van der Waals surface area contributed by atoms with E-state index in [1.54, 1.807) is 11.6 Å². The fraction of sp³-hybridized carbons (Fsp3) is 0.176. The molecular weight excluding hydrogens is 362 g/mol. The second kappa shape index (κ2) is 6.61. The molecule has 11 nitrogen and oxygen atoms in total. The van der Waals surface area contributed by atoms with Crippen molar-refractivity contribution in [2.24, 2.45) is 14.1 Å². The Bertz CT molecular complexity index is 1290. The van der Waals surface area contributed by atoms with E-state index in [4.69, 9.17) is 5.73 Å². The number of nitrogens with two attached hydrogens (primary N) is 1. The van der Waals surface area contributed by atoms with E-state index < -0.39 is 11.2 Å². The lowest BCUT2D eigenvalue weighted by molar-refractivity contribution is 0.698. The van der Waals surface area contributed by atoms with E-state index in [-0.39, 0.29) is 23.7 Å². The van der Waals surface area contributed by atoms with Gasteiger partial charge in [0.15, 0.2) is 17.0 Å². The molecule has 0 saturated carbocycles. The van der Waals surface area contributed by atoms with Crippen molar-refractivity contribution in [3.63, 3.8) is 0 Å². The summed E-state index contributed by atoms with van der Waals surface area (Å²) < 4.78 is 3.93. The van der Waals surface area contributed by atoms with Crippen molar-refractivity contribution in [1.82, 2.24) is 33.6 Å². The smallest absolute Gasteiger partial charge is 0.332 e. The predicted octanol–water partition coefficient (Wildman–Crippen LogP) is -0.00720. The van der Waals surface area contributed by atoms with E-state index in [0.717, 1.165) is 10.3 Å². The number of para-hydroxylation sites is 1. The molecule has 0 fully saturated rings. The summed E-state index contributed by atoms with van der Waals surface area (Å²) in [6.07, 6.45) is 1.47. The summed E-state index contributed by atoms with van der Waals surface area (Å²) in [6, 6.07) is 9.40. The molecule has 3 aromatic heterocycles. The summed E-state index contributed by atoms with van der Waals surface area (Å²) in [5.74, 6) is 0.688. The van der Waals surface area contributed by atoms with E-state index in [1.807, 2.05) is 30.3 Å². The maximum Gasteiger partial charge on any atom is 0.332 e. The Labute approximate surface area is 158 Å². The number of imidazole rings is 1. The largest absolute Gasteiger partial charge is 0.368 e. The molecule has 0 unspecified atom stereocenters. The standard InChI is InChI=1S/C17H17N9O2/c1-24-13-12(14(27)25(2)17(24)28)26(9-19-13)8-11-21-15(18)23-16(22-11)20-10-6-4-3-5-7-10/h3-7,9H,8H2,1-2H3,(H3,18,20,21,22,23). The number of benzene rings is 1. The van der Waals surface area contributed by atoms with Crippen LogP contribution < -0.4 is 22.3 Å². The van der Waals surface area contributed by atoms with E-state index >= 15 is 0 Å². The van der Waals surface area contributed by atoms with Crippen molar-refractivity contribution >= 4 is 28.7 Å². The number of nitrogens with zero attached hydrogens (tertiary/aromatic N) is 7. The van der Waals surface area contributed by atoms with Gasteiger partial charge in [0.1, 0.15) is 0 Å². The fourth-order valence-electron chi connectivity index (χ4n) is 2.88. The van der Waals surface area contributed by atoms with Gasteiger partial charge in [-0.05, 0) is 12.1 Å². The lowest BCUT2D eigenvalue weighted by Crippen LogP contribution is -2.37. The van der Waals surface area contributed by atoms with Gasteiger partial charge in [0.2, 0.25) is 11.9 Å². The van der Waals surface area contributed by atoms with Gasteiger partial charge in [-0.1, -0.05) is 18.2 Å². The molecule has 3 N–H and O–H groups in total. The van der Waals surface area contributed by atoms with Crippen molar-refractivity contribution in [3.05, 3.63) is 63.3 Å². The Morgan fingerprint density at radius 3 is 2.54 bits per heavy atom. The Morgan fingerprint density at radius 2 is 1.79 bits per heavy atom. The Hall–Kier alpha value is -4.02. The highest BCUT2D eigenvalue weighted by Crippen LogP contribution is 2.14. The summed E-state index contributed by atoms with van der Waals surface area (Å²) in [5.41, 5.74) is 6.30. The molecule has 4 rings (SSSR count). The number of fused-ring (bicyclic) bond motifs is 1. The zero-order chi connectivity index (χ0) is 19.8. The average Bonchev–Trinajstić information content (AvgIpc) is 3.08. The first-order valence-corrected chi connectivity index (χ1v) is 8.37. The van der Waals surface area contributed by atoms with Crippen LogP contribution in [0.1, 0.15) is 5.82 Å². The molecule has 0 atom stereocenters. The highest BCUT2D eigenvalue weighted by atomic mass is 16.2. The van der Waals surface area contributed by atoms with Crippen LogP contribution >= 0.6 is 0 Å². The number of hydrogen-bond donors (Lipinski definition) is 2. The molecule has 0 radical (unpaired) electrons. The lowest BCUT2D eigenvalue weighted by Gasteiger charge is -2.09. The Kier molecular flexibility index (Phi) is 4.11. The quantitative estimate of drug-likeness (QED) is 0.505. The molecular formula is C17H17N9O2. The maximum atomic E-state index is 12.5. The molecule has 11 heteroatoms. The first-order valence-electron chi connectivity index (χ1n) is 8.37. The van der Waals surface area contributed by atoms with E-state index in [2.05, 4.69) is 25.3 Å². The average molecular weight is 379 g/mol. The molecule has 0 bridgehead atoms. The first kappa shape index (κ1) is 17.4. The van der Waals surface area contributed by atoms with Crippen molar-refractivity contribution in [1.29, 1.82) is 0 Å². The highest BCUT2D eigenvalue weighted by molar-refractivity contribution is 5.70. The van der Waals surface area contributed by atoms with Gasteiger partial charge in [0.25, 0.3) is 5.56 Å². The highest BCUT2D eigenvalue weighted by Gasteiger charge is 2.15. The third kappa shape index (κ3) is 2.98.